The van der Waals surface area contributed by atoms with Gasteiger partial charge in [0.1, 0.15) is 22.3 Å². The third kappa shape index (κ3) is 6.39. The van der Waals surface area contributed by atoms with Gasteiger partial charge < -0.3 is 8.83 Å². The lowest BCUT2D eigenvalue weighted by atomic mass is 10.0. The maximum Gasteiger partial charge on any atom is 0.200 e. The minimum atomic E-state index is -2.74. The number of nitrogens with zero attached hydrogens (tertiary/aromatic N) is 2. The zero-order valence-electron chi connectivity index (χ0n) is 31.9. The maximum absolute atomic E-state index is 15.7. The second-order valence-electron chi connectivity index (χ2n) is 14.0. The molecule has 0 aliphatic carbocycles. The summed E-state index contributed by atoms with van der Waals surface area (Å²) in [5.41, 5.74) is -22.7. The SMILES string of the molecule is Fc1c(F)c(F)c(-c2c3nc(c(-c4c(F)c(F)c(F)c(F)c4F)c4ccc(o4)c(-c4c(F)c(F)c(F)c(F)c4F)c4nc(c(-c5c(F)c(F)c(F)c(F)c5F)c5ccc2o5)C=C4)C=C3)c(F)c1F. The van der Waals surface area contributed by atoms with Crippen molar-refractivity contribution in [2.24, 2.45) is 0 Å². The third-order valence-corrected chi connectivity index (χ3v) is 10.3. The Labute approximate surface area is 361 Å². The van der Waals surface area contributed by atoms with Crippen molar-refractivity contribution >= 4 is 46.6 Å². The van der Waals surface area contributed by atoms with Crippen molar-refractivity contribution in [3.8, 4) is 44.5 Å². The van der Waals surface area contributed by atoms with Gasteiger partial charge in [-0.2, -0.15) is 0 Å². The van der Waals surface area contributed by atoms with Crippen LogP contribution in [0.15, 0.2) is 33.1 Å². The van der Waals surface area contributed by atoms with E-state index in [1.807, 2.05) is 0 Å². The van der Waals surface area contributed by atoms with Gasteiger partial charge in [0.05, 0.1) is 67.3 Å². The summed E-state index contributed by atoms with van der Waals surface area (Å²) in [7, 11) is 0. The van der Waals surface area contributed by atoms with Crippen molar-refractivity contribution in [3.05, 3.63) is 163 Å². The van der Waals surface area contributed by atoms with E-state index in [1.165, 1.54) is 0 Å². The van der Waals surface area contributed by atoms with Crippen LogP contribution < -0.4 is 0 Å². The van der Waals surface area contributed by atoms with Gasteiger partial charge in [-0.25, -0.2) is 97.8 Å². The standard InChI is InChI=1S/C44H8F20N2O2/c45-25-21(26(46)34(54)41(61)33(25)53)17-9-1-2-10(65-9)18(22-27(47)35(55)42(62)36(56)28(22)48)14-7-8-16(68-14)20(24-31(51)39(59)44(64)40(60)32(24)52)12-4-3-11(66-12)19(15-6-5-13(17)67-15)23-29(49)37(57)43(63)38(58)30(23)50/h1-8H. The van der Waals surface area contributed by atoms with E-state index in [1.54, 1.807) is 0 Å². The second kappa shape index (κ2) is 15.9. The van der Waals surface area contributed by atoms with Gasteiger partial charge in [0.15, 0.2) is 93.1 Å². The molecule has 3 aromatic heterocycles. The molecule has 0 N–H and O–H groups in total. The van der Waals surface area contributed by atoms with Crippen LogP contribution in [-0.4, -0.2) is 9.97 Å². The first-order valence-corrected chi connectivity index (χ1v) is 18.1. The molecule has 24 heteroatoms. The highest BCUT2D eigenvalue weighted by molar-refractivity contribution is 5.98. The first-order valence-electron chi connectivity index (χ1n) is 18.1. The Morgan fingerprint density at radius 2 is 0.353 bits per heavy atom. The number of benzene rings is 4. The first kappa shape index (κ1) is 45.2. The summed E-state index contributed by atoms with van der Waals surface area (Å²) in [6.45, 7) is 0. The molecular weight excluding hydrogens is 968 g/mol. The molecular formula is C44H8F20N2O2. The lowest BCUT2D eigenvalue weighted by Gasteiger charge is -2.11. The van der Waals surface area contributed by atoms with Crippen LogP contribution in [0.3, 0.4) is 0 Å². The van der Waals surface area contributed by atoms with Gasteiger partial charge in [0.2, 0.25) is 23.3 Å². The largest absolute Gasteiger partial charge is 0.456 e. The van der Waals surface area contributed by atoms with E-state index in [0.29, 0.717) is 48.6 Å². The van der Waals surface area contributed by atoms with E-state index < -0.39 is 206 Å². The molecule has 2 aliphatic heterocycles. The molecule has 0 radical (unpaired) electrons. The molecule has 0 atom stereocenters. The van der Waals surface area contributed by atoms with Crippen LogP contribution in [0.2, 0.25) is 0 Å². The van der Waals surface area contributed by atoms with Crippen molar-refractivity contribution in [2.45, 2.75) is 0 Å². The molecule has 8 bridgehead atoms. The smallest absolute Gasteiger partial charge is 0.200 e. The summed E-state index contributed by atoms with van der Waals surface area (Å²) in [4.78, 5) is 7.71. The van der Waals surface area contributed by atoms with Gasteiger partial charge in [0.25, 0.3) is 0 Å². The van der Waals surface area contributed by atoms with Gasteiger partial charge in [-0.05, 0) is 48.6 Å². The fraction of sp³-hybridized carbons (Fsp3) is 0. The Bertz CT molecular complexity index is 3120. The molecule has 0 amide bonds. The lowest BCUT2D eigenvalue weighted by Crippen LogP contribution is -2.05. The average Bonchev–Trinajstić information content (AvgIpc) is 4.18. The van der Waals surface area contributed by atoms with Crippen molar-refractivity contribution in [1.29, 1.82) is 0 Å². The topological polar surface area (TPSA) is 52.1 Å². The number of hydrogen-bond acceptors (Lipinski definition) is 4. The zero-order valence-corrected chi connectivity index (χ0v) is 31.9. The van der Waals surface area contributed by atoms with Gasteiger partial charge in [-0.1, -0.05) is 0 Å². The average molecular weight is 977 g/mol. The van der Waals surface area contributed by atoms with Gasteiger partial charge in [-0.15, -0.1) is 0 Å². The highest BCUT2D eigenvalue weighted by Crippen LogP contribution is 2.45. The van der Waals surface area contributed by atoms with Gasteiger partial charge in [-0.3, -0.25) is 0 Å². The van der Waals surface area contributed by atoms with Gasteiger partial charge >= 0.3 is 0 Å². The van der Waals surface area contributed by atoms with Gasteiger partial charge in [0, 0.05) is 0 Å². The number of fused-ring (bicyclic) bond motifs is 8. The van der Waals surface area contributed by atoms with Crippen molar-refractivity contribution in [2.75, 3.05) is 0 Å². The van der Waals surface area contributed by atoms with Crippen LogP contribution in [0.5, 0.6) is 0 Å². The molecule has 2 aliphatic rings. The number of halogens is 20. The summed E-state index contributed by atoms with van der Waals surface area (Å²) in [5.74, 6) is -53.5. The number of hydrogen-bond donors (Lipinski definition) is 0. The first-order chi connectivity index (χ1) is 32.1. The second-order valence-corrected chi connectivity index (χ2v) is 14.0. The molecule has 0 spiro atoms. The van der Waals surface area contributed by atoms with Crippen molar-refractivity contribution in [1.82, 2.24) is 9.97 Å². The summed E-state index contributed by atoms with van der Waals surface area (Å²) < 4.78 is 313. The van der Waals surface area contributed by atoms with E-state index in [4.69, 9.17) is 8.83 Å². The van der Waals surface area contributed by atoms with Crippen LogP contribution in [-0.2, 0) is 0 Å². The number of aromatic nitrogens is 2. The Morgan fingerprint density at radius 3 is 0.515 bits per heavy atom. The summed E-state index contributed by atoms with van der Waals surface area (Å²) >= 11 is 0. The maximum atomic E-state index is 15.7. The molecule has 4 nitrogen and oxygen atoms in total. The Balaban J connectivity index is 1.60. The molecule has 346 valence electrons. The normalized spacial score (nSPS) is 12.3. The molecule has 0 saturated heterocycles. The van der Waals surface area contributed by atoms with Crippen LogP contribution in [0.25, 0.3) is 91.1 Å². The van der Waals surface area contributed by atoms with Crippen LogP contribution >= 0.6 is 0 Å². The highest BCUT2D eigenvalue weighted by atomic mass is 19.2. The minimum Gasteiger partial charge on any atom is -0.456 e. The predicted molar refractivity (Wildman–Crippen MR) is 196 cm³/mol. The van der Waals surface area contributed by atoms with E-state index in [0.717, 1.165) is 0 Å². The fourth-order valence-corrected chi connectivity index (χ4v) is 7.30. The predicted octanol–water partition coefficient (Wildman–Crippen LogP) is 14.6. The quantitative estimate of drug-likeness (QED) is 0.100. The molecule has 7 aromatic rings. The highest BCUT2D eigenvalue weighted by Gasteiger charge is 2.36. The summed E-state index contributed by atoms with van der Waals surface area (Å²) in [6, 6.07) is 2.02. The minimum absolute atomic E-state index is 0.504. The van der Waals surface area contributed by atoms with E-state index in [2.05, 4.69) is 9.97 Å². The van der Waals surface area contributed by atoms with Crippen molar-refractivity contribution in [3.63, 3.8) is 0 Å². The molecule has 9 rings (SSSR count). The number of rotatable bonds is 4. The third-order valence-electron chi connectivity index (χ3n) is 10.3. The molecule has 0 unspecified atom stereocenters. The van der Waals surface area contributed by atoms with E-state index in [9.17, 15) is 52.7 Å². The van der Waals surface area contributed by atoms with Crippen molar-refractivity contribution < 1.29 is 96.6 Å². The lowest BCUT2D eigenvalue weighted by molar-refractivity contribution is 0.381. The molecule has 5 heterocycles. The van der Waals surface area contributed by atoms with Crippen LogP contribution in [0.4, 0.5) is 87.8 Å². The zero-order chi connectivity index (χ0) is 49.3. The molecule has 0 saturated carbocycles. The fourth-order valence-electron chi connectivity index (χ4n) is 7.30. The molecule has 68 heavy (non-hydrogen) atoms. The van der Waals surface area contributed by atoms with Crippen LogP contribution in [0, 0.1) is 116 Å². The number of furan rings is 2. The van der Waals surface area contributed by atoms with Crippen LogP contribution in [0.1, 0.15) is 22.8 Å². The Kier molecular flexibility index (Phi) is 10.6. The Morgan fingerprint density at radius 1 is 0.206 bits per heavy atom. The monoisotopic (exact) mass is 976 g/mol. The summed E-state index contributed by atoms with van der Waals surface area (Å²) in [6.07, 6.45) is 2.13. The van der Waals surface area contributed by atoms with E-state index >= 15 is 35.1 Å². The van der Waals surface area contributed by atoms with E-state index in [-0.39, 0.29) is 0 Å². The summed E-state index contributed by atoms with van der Waals surface area (Å²) in [5, 5.41) is 0. The Hall–Kier alpha value is -7.92. The molecule has 0 fully saturated rings. The molecule has 4 aromatic carbocycles.